The molecule has 1 aliphatic rings. The normalized spacial score (nSPS) is 23.5. The Bertz CT molecular complexity index is 544. The number of benzene rings is 1. The van der Waals surface area contributed by atoms with E-state index in [4.69, 9.17) is 4.52 Å². The van der Waals surface area contributed by atoms with Crippen molar-refractivity contribution in [2.24, 2.45) is 0 Å². The van der Waals surface area contributed by atoms with E-state index < -0.39 is 0 Å². The molecule has 1 saturated heterocycles. The minimum Gasteiger partial charge on any atom is -0.334 e. The van der Waals surface area contributed by atoms with Gasteiger partial charge in [0.2, 0.25) is 0 Å². The van der Waals surface area contributed by atoms with E-state index in [0.29, 0.717) is 17.9 Å². The van der Waals surface area contributed by atoms with Crippen LogP contribution in [-0.2, 0) is 0 Å². The maximum atomic E-state index is 12.9. The molecule has 0 unspecified atom stereocenters. The van der Waals surface area contributed by atoms with Crippen molar-refractivity contribution in [2.45, 2.75) is 31.7 Å². The van der Waals surface area contributed by atoms with E-state index in [9.17, 15) is 4.39 Å². The molecule has 0 spiro atoms. The summed E-state index contributed by atoms with van der Waals surface area (Å²) >= 11 is 0. The number of hydrogen-bond donors (Lipinski definition) is 1. The van der Waals surface area contributed by atoms with Gasteiger partial charge in [-0.25, -0.2) is 4.39 Å². The van der Waals surface area contributed by atoms with Gasteiger partial charge in [0.25, 0.3) is 5.89 Å². The fraction of sp³-hybridized carbons (Fsp3) is 0.429. The Morgan fingerprint density at radius 3 is 2.74 bits per heavy atom. The first kappa shape index (κ1) is 12.3. The van der Waals surface area contributed by atoms with Gasteiger partial charge >= 0.3 is 0 Å². The summed E-state index contributed by atoms with van der Waals surface area (Å²) in [6, 6.07) is 6.63. The van der Waals surface area contributed by atoms with Gasteiger partial charge in [-0.2, -0.15) is 4.98 Å². The molecule has 100 valence electrons. The molecule has 1 aromatic heterocycles. The van der Waals surface area contributed by atoms with Crippen LogP contribution in [0, 0.1) is 5.82 Å². The largest absolute Gasteiger partial charge is 0.334 e. The minimum atomic E-state index is -0.269. The summed E-state index contributed by atoms with van der Waals surface area (Å²) in [5.41, 5.74) is 0.747. The van der Waals surface area contributed by atoms with E-state index >= 15 is 0 Å². The van der Waals surface area contributed by atoms with Crippen molar-refractivity contribution in [3.63, 3.8) is 0 Å². The van der Waals surface area contributed by atoms with Crippen LogP contribution in [0.5, 0.6) is 0 Å². The molecule has 1 fully saturated rings. The second-order valence-electron chi connectivity index (χ2n) is 5.05. The Morgan fingerprint density at radius 2 is 2.05 bits per heavy atom. The lowest BCUT2D eigenvalue weighted by molar-refractivity contribution is 0.358. The third-order valence-electron chi connectivity index (χ3n) is 3.56. The van der Waals surface area contributed by atoms with Crippen LogP contribution in [0.25, 0.3) is 11.5 Å². The molecule has 0 bridgehead atoms. The van der Waals surface area contributed by atoms with E-state index in [-0.39, 0.29) is 5.82 Å². The van der Waals surface area contributed by atoms with Crippen LogP contribution in [0.4, 0.5) is 4.39 Å². The van der Waals surface area contributed by atoms with Crippen LogP contribution in [0.2, 0.25) is 0 Å². The molecule has 1 aromatic carbocycles. The quantitative estimate of drug-likeness (QED) is 0.903. The zero-order valence-electron chi connectivity index (χ0n) is 10.8. The number of nitrogens with one attached hydrogen (secondary N) is 1. The lowest BCUT2D eigenvalue weighted by Crippen LogP contribution is -2.36. The Morgan fingerprint density at radius 1 is 1.26 bits per heavy atom. The predicted octanol–water partition coefficient (Wildman–Crippen LogP) is 2.73. The predicted molar refractivity (Wildman–Crippen MR) is 69.1 cm³/mol. The number of nitrogens with zero attached hydrogens (tertiary/aromatic N) is 2. The van der Waals surface area contributed by atoms with E-state index in [1.165, 1.54) is 12.1 Å². The van der Waals surface area contributed by atoms with Crippen molar-refractivity contribution in [2.75, 3.05) is 6.54 Å². The lowest BCUT2D eigenvalue weighted by atomic mass is 9.95. The summed E-state index contributed by atoms with van der Waals surface area (Å²) in [6.45, 7) is 3.06. The lowest BCUT2D eigenvalue weighted by Gasteiger charge is -2.25. The first-order valence-electron chi connectivity index (χ1n) is 6.55. The van der Waals surface area contributed by atoms with Crippen molar-refractivity contribution in [3.05, 3.63) is 35.9 Å². The summed E-state index contributed by atoms with van der Waals surface area (Å²) < 4.78 is 18.1. The highest BCUT2D eigenvalue weighted by molar-refractivity contribution is 5.52. The first-order valence-corrected chi connectivity index (χ1v) is 6.55. The smallest absolute Gasteiger partial charge is 0.257 e. The third kappa shape index (κ3) is 2.66. The van der Waals surface area contributed by atoms with E-state index in [0.717, 1.165) is 30.8 Å². The van der Waals surface area contributed by atoms with Gasteiger partial charge in [-0.3, -0.25) is 0 Å². The molecule has 1 aliphatic heterocycles. The number of aromatic nitrogens is 2. The standard InChI is InChI=1S/C14H16FN3O/c1-9-2-3-11(8-16-9)13-17-14(19-18-13)10-4-6-12(15)7-5-10/h4-7,9,11,16H,2-3,8H2,1H3/t9-,11+/m1/s1. The molecular formula is C14H16FN3O. The second kappa shape index (κ2) is 5.09. The molecule has 2 heterocycles. The topological polar surface area (TPSA) is 51.0 Å². The fourth-order valence-corrected chi connectivity index (χ4v) is 2.33. The van der Waals surface area contributed by atoms with E-state index in [1.54, 1.807) is 12.1 Å². The molecule has 0 radical (unpaired) electrons. The SMILES string of the molecule is C[C@@H]1CC[C@H](c2noc(-c3ccc(F)cc3)n2)CN1. The van der Waals surface area contributed by atoms with Gasteiger partial charge in [0.1, 0.15) is 5.82 Å². The number of piperidine rings is 1. The third-order valence-corrected chi connectivity index (χ3v) is 3.56. The van der Waals surface area contributed by atoms with Gasteiger partial charge in [-0.15, -0.1) is 0 Å². The van der Waals surface area contributed by atoms with Crippen LogP contribution in [0.3, 0.4) is 0 Å². The van der Waals surface area contributed by atoms with Crippen LogP contribution in [0.1, 0.15) is 31.5 Å². The zero-order chi connectivity index (χ0) is 13.2. The molecule has 0 saturated carbocycles. The van der Waals surface area contributed by atoms with E-state index in [2.05, 4.69) is 22.4 Å². The Hall–Kier alpha value is -1.75. The maximum absolute atomic E-state index is 12.9. The molecular weight excluding hydrogens is 245 g/mol. The molecule has 3 rings (SSSR count). The molecule has 19 heavy (non-hydrogen) atoms. The Kier molecular flexibility index (Phi) is 3.29. The molecule has 2 atom stereocenters. The molecule has 4 nitrogen and oxygen atoms in total. The highest BCUT2D eigenvalue weighted by atomic mass is 19.1. The van der Waals surface area contributed by atoms with Gasteiger partial charge < -0.3 is 9.84 Å². The molecule has 0 aliphatic carbocycles. The average molecular weight is 261 g/mol. The van der Waals surface area contributed by atoms with Crippen molar-refractivity contribution in [1.29, 1.82) is 0 Å². The van der Waals surface area contributed by atoms with Crippen LogP contribution in [0.15, 0.2) is 28.8 Å². The number of halogens is 1. The van der Waals surface area contributed by atoms with Gasteiger partial charge in [0, 0.05) is 24.1 Å². The van der Waals surface area contributed by atoms with Gasteiger partial charge in [-0.1, -0.05) is 5.16 Å². The van der Waals surface area contributed by atoms with Crippen LogP contribution in [-0.4, -0.2) is 22.7 Å². The second-order valence-corrected chi connectivity index (χ2v) is 5.05. The highest BCUT2D eigenvalue weighted by Crippen LogP contribution is 2.25. The number of hydrogen-bond acceptors (Lipinski definition) is 4. The molecule has 2 aromatic rings. The highest BCUT2D eigenvalue weighted by Gasteiger charge is 2.23. The van der Waals surface area contributed by atoms with Crippen molar-refractivity contribution >= 4 is 0 Å². The number of rotatable bonds is 2. The zero-order valence-corrected chi connectivity index (χ0v) is 10.8. The Balaban J connectivity index is 1.77. The monoisotopic (exact) mass is 261 g/mol. The molecule has 5 heteroatoms. The van der Waals surface area contributed by atoms with Crippen LogP contribution >= 0.6 is 0 Å². The first-order chi connectivity index (χ1) is 9.22. The van der Waals surface area contributed by atoms with E-state index in [1.807, 2.05) is 0 Å². The maximum Gasteiger partial charge on any atom is 0.257 e. The summed E-state index contributed by atoms with van der Waals surface area (Å²) in [7, 11) is 0. The van der Waals surface area contributed by atoms with Crippen molar-refractivity contribution in [3.8, 4) is 11.5 Å². The Labute approximate surface area is 111 Å². The summed E-state index contributed by atoms with van der Waals surface area (Å²) in [6.07, 6.45) is 2.18. The summed E-state index contributed by atoms with van der Waals surface area (Å²) in [5.74, 6) is 1.22. The summed E-state index contributed by atoms with van der Waals surface area (Å²) in [4.78, 5) is 4.42. The van der Waals surface area contributed by atoms with Gasteiger partial charge in [0.15, 0.2) is 5.82 Å². The van der Waals surface area contributed by atoms with Crippen LogP contribution < -0.4 is 5.32 Å². The average Bonchev–Trinajstić information content (AvgIpc) is 2.90. The molecule has 1 N–H and O–H groups in total. The van der Waals surface area contributed by atoms with Crippen molar-refractivity contribution < 1.29 is 8.91 Å². The van der Waals surface area contributed by atoms with Gasteiger partial charge in [0.05, 0.1) is 0 Å². The van der Waals surface area contributed by atoms with Gasteiger partial charge in [-0.05, 0) is 44.0 Å². The fourth-order valence-electron chi connectivity index (χ4n) is 2.33. The van der Waals surface area contributed by atoms with Crippen molar-refractivity contribution in [1.82, 2.24) is 15.5 Å². The minimum absolute atomic E-state index is 0.269. The summed E-state index contributed by atoms with van der Waals surface area (Å²) in [5, 5.41) is 7.46. The molecule has 0 amide bonds.